The van der Waals surface area contributed by atoms with Crippen LogP contribution in [0.2, 0.25) is 0 Å². The van der Waals surface area contributed by atoms with E-state index >= 15 is 0 Å². The lowest BCUT2D eigenvalue weighted by molar-refractivity contribution is -0.139. The first-order valence-electron chi connectivity index (χ1n) is 6.74. The predicted molar refractivity (Wildman–Crippen MR) is 67.6 cm³/mol. The number of carbonyl (C=O) groups is 1. The fourth-order valence-electron chi connectivity index (χ4n) is 3.78. The number of carbonyl (C=O) groups excluding carboxylic acids is 1. The molecule has 18 heavy (non-hydrogen) atoms. The third-order valence-corrected chi connectivity index (χ3v) is 6.37. The van der Waals surface area contributed by atoms with Gasteiger partial charge in [0.1, 0.15) is 0 Å². The third-order valence-electron chi connectivity index (χ3n) is 4.61. The van der Waals surface area contributed by atoms with Crippen LogP contribution in [-0.4, -0.2) is 48.9 Å². The number of nitrogens with two attached hydrogens (primary N) is 1. The van der Waals surface area contributed by atoms with Crippen molar-refractivity contribution in [2.45, 2.75) is 50.2 Å². The van der Waals surface area contributed by atoms with E-state index in [1.165, 1.54) is 0 Å². The lowest BCUT2D eigenvalue weighted by Gasteiger charge is -2.39. The summed E-state index contributed by atoms with van der Waals surface area (Å²) in [5, 5.41) is 0. The lowest BCUT2D eigenvalue weighted by Crippen LogP contribution is -2.52. The topological polar surface area (TPSA) is 80.5 Å². The monoisotopic (exact) mass is 272 g/mol. The Morgan fingerprint density at radius 2 is 1.72 bits per heavy atom. The van der Waals surface area contributed by atoms with Crippen LogP contribution in [0.25, 0.3) is 0 Å². The van der Waals surface area contributed by atoms with E-state index in [4.69, 9.17) is 5.73 Å². The SMILES string of the molecule is NC1CC2CCC(C1)N2C(=O)C1CCS(=O)(=O)C1. The van der Waals surface area contributed by atoms with Crippen LogP contribution in [-0.2, 0) is 14.6 Å². The summed E-state index contributed by atoms with van der Waals surface area (Å²) in [5.41, 5.74) is 5.98. The van der Waals surface area contributed by atoms with E-state index in [2.05, 4.69) is 0 Å². The molecule has 0 radical (unpaired) electrons. The van der Waals surface area contributed by atoms with E-state index < -0.39 is 9.84 Å². The average molecular weight is 272 g/mol. The Morgan fingerprint density at radius 3 is 2.22 bits per heavy atom. The molecule has 3 atom stereocenters. The zero-order chi connectivity index (χ0) is 12.9. The van der Waals surface area contributed by atoms with Gasteiger partial charge in [0.15, 0.2) is 9.84 Å². The smallest absolute Gasteiger partial charge is 0.227 e. The van der Waals surface area contributed by atoms with Gasteiger partial charge in [-0.15, -0.1) is 0 Å². The summed E-state index contributed by atoms with van der Waals surface area (Å²) in [7, 11) is -2.98. The largest absolute Gasteiger partial charge is 0.336 e. The van der Waals surface area contributed by atoms with Crippen LogP contribution in [0.15, 0.2) is 0 Å². The summed E-state index contributed by atoms with van der Waals surface area (Å²) in [6.45, 7) is 0. The van der Waals surface area contributed by atoms with Crippen molar-refractivity contribution in [1.82, 2.24) is 4.90 Å². The van der Waals surface area contributed by atoms with Crippen LogP contribution < -0.4 is 5.73 Å². The van der Waals surface area contributed by atoms with Crippen molar-refractivity contribution in [3.8, 4) is 0 Å². The number of hydrogen-bond donors (Lipinski definition) is 1. The number of fused-ring (bicyclic) bond motifs is 2. The summed E-state index contributed by atoms with van der Waals surface area (Å²) in [5.74, 6) is -0.0113. The van der Waals surface area contributed by atoms with Crippen LogP contribution in [0.5, 0.6) is 0 Å². The van der Waals surface area contributed by atoms with Crippen molar-refractivity contribution in [2.24, 2.45) is 11.7 Å². The van der Waals surface area contributed by atoms with Gasteiger partial charge in [0.05, 0.1) is 17.4 Å². The molecule has 0 aliphatic carbocycles. The van der Waals surface area contributed by atoms with E-state index in [1.54, 1.807) is 0 Å². The number of rotatable bonds is 1. The number of sulfone groups is 1. The Kier molecular flexibility index (Phi) is 2.90. The van der Waals surface area contributed by atoms with Gasteiger partial charge in [-0.25, -0.2) is 8.42 Å². The van der Waals surface area contributed by atoms with Crippen molar-refractivity contribution >= 4 is 15.7 Å². The van der Waals surface area contributed by atoms with Gasteiger partial charge < -0.3 is 10.6 Å². The predicted octanol–water partition coefficient (Wildman–Crippen LogP) is -0.0982. The second-order valence-electron chi connectivity index (χ2n) is 5.96. The van der Waals surface area contributed by atoms with Crippen LogP contribution in [0.1, 0.15) is 32.1 Å². The van der Waals surface area contributed by atoms with Crippen molar-refractivity contribution < 1.29 is 13.2 Å². The lowest BCUT2D eigenvalue weighted by atomic mass is 9.96. The van der Waals surface area contributed by atoms with Crippen molar-refractivity contribution in [3.63, 3.8) is 0 Å². The quantitative estimate of drug-likeness (QED) is 0.723. The van der Waals surface area contributed by atoms with Crippen molar-refractivity contribution in [2.75, 3.05) is 11.5 Å². The minimum absolute atomic E-state index is 0.0494. The maximum atomic E-state index is 12.5. The molecule has 3 fully saturated rings. The molecule has 102 valence electrons. The molecular weight excluding hydrogens is 252 g/mol. The van der Waals surface area contributed by atoms with Crippen LogP contribution in [0, 0.1) is 5.92 Å². The Morgan fingerprint density at radius 1 is 1.11 bits per heavy atom. The molecule has 0 aromatic heterocycles. The summed E-state index contributed by atoms with van der Waals surface area (Å²) >= 11 is 0. The first-order valence-corrected chi connectivity index (χ1v) is 8.56. The molecule has 1 amide bonds. The molecule has 6 heteroatoms. The molecule has 2 N–H and O–H groups in total. The molecule has 5 nitrogen and oxygen atoms in total. The Balaban J connectivity index is 1.74. The van der Waals surface area contributed by atoms with Gasteiger partial charge in [-0.2, -0.15) is 0 Å². The second kappa shape index (κ2) is 4.20. The zero-order valence-electron chi connectivity index (χ0n) is 10.4. The standard InChI is InChI=1S/C12H20N2O3S/c13-9-5-10-1-2-11(6-9)14(10)12(15)8-3-4-18(16,17)7-8/h8-11H,1-7,13H2. The molecule has 3 heterocycles. The van der Waals surface area contributed by atoms with Gasteiger partial charge in [-0.3, -0.25) is 4.79 Å². The average Bonchev–Trinajstić information content (AvgIpc) is 2.77. The number of piperidine rings is 1. The molecule has 3 rings (SSSR count). The highest BCUT2D eigenvalue weighted by Gasteiger charge is 2.45. The summed E-state index contributed by atoms with van der Waals surface area (Å²) in [6, 6.07) is 0.725. The zero-order valence-corrected chi connectivity index (χ0v) is 11.2. The maximum absolute atomic E-state index is 12.5. The number of nitrogens with zero attached hydrogens (tertiary/aromatic N) is 1. The van der Waals surface area contributed by atoms with E-state index in [0.29, 0.717) is 6.42 Å². The highest BCUT2D eigenvalue weighted by molar-refractivity contribution is 7.91. The minimum Gasteiger partial charge on any atom is -0.336 e. The van der Waals surface area contributed by atoms with Gasteiger partial charge in [0, 0.05) is 18.1 Å². The van der Waals surface area contributed by atoms with Gasteiger partial charge in [-0.1, -0.05) is 0 Å². The number of amides is 1. The van der Waals surface area contributed by atoms with Gasteiger partial charge in [0.25, 0.3) is 0 Å². The first-order chi connectivity index (χ1) is 8.46. The van der Waals surface area contributed by atoms with Gasteiger partial charge in [-0.05, 0) is 32.1 Å². The Labute approximate surface area is 108 Å². The molecule has 0 saturated carbocycles. The summed E-state index contributed by atoms with van der Waals surface area (Å²) in [6.07, 6.45) is 4.32. The molecule has 3 aliphatic rings. The van der Waals surface area contributed by atoms with Crippen LogP contribution in [0.3, 0.4) is 0 Å². The maximum Gasteiger partial charge on any atom is 0.227 e. The molecule has 0 aromatic carbocycles. The molecule has 0 spiro atoms. The molecule has 2 bridgehead atoms. The molecular formula is C12H20N2O3S. The van der Waals surface area contributed by atoms with Gasteiger partial charge in [0.2, 0.25) is 5.91 Å². The Bertz CT molecular complexity index is 448. The third kappa shape index (κ3) is 2.05. The van der Waals surface area contributed by atoms with E-state index in [0.717, 1.165) is 25.7 Å². The van der Waals surface area contributed by atoms with Crippen molar-refractivity contribution in [1.29, 1.82) is 0 Å². The molecule has 3 unspecified atom stereocenters. The second-order valence-corrected chi connectivity index (χ2v) is 8.19. The van der Waals surface area contributed by atoms with E-state index in [-0.39, 0.29) is 41.5 Å². The highest BCUT2D eigenvalue weighted by Crippen LogP contribution is 2.37. The first kappa shape index (κ1) is 12.4. The van der Waals surface area contributed by atoms with Gasteiger partial charge >= 0.3 is 0 Å². The van der Waals surface area contributed by atoms with Crippen LogP contribution in [0.4, 0.5) is 0 Å². The minimum atomic E-state index is -2.98. The molecule has 3 saturated heterocycles. The molecule has 0 aromatic rings. The summed E-state index contributed by atoms with van der Waals surface area (Å²) < 4.78 is 22.9. The molecule has 3 aliphatic heterocycles. The van der Waals surface area contributed by atoms with Crippen molar-refractivity contribution in [3.05, 3.63) is 0 Å². The van der Waals surface area contributed by atoms with E-state index in [1.807, 2.05) is 4.90 Å². The normalized spacial score (nSPS) is 42.2. The number of hydrogen-bond acceptors (Lipinski definition) is 4. The Hall–Kier alpha value is -0.620. The van der Waals surface area contributed by atoms with E-state index in [9.17, 15) is 13.2 Å². The summed E-state index contributed by atoms with van der Waals surface area (Å²) in [4.78, 5) is 14.4. The highest BCUT2D eigenvalue weighted by atomic mass is 32.2. The van der Waals surface area contributed by atoms with Crippen LogP contribution >= 0.6 is 0 Å². The fourth-order valence-corrected chi connectivity index (χ4v) is 5.51. The fraction of sp³-hybridized carbons (Fsp3) is 0.917.